The molecule has 3 N–H and O–H groups in total. The van der Waals surface area contributed by atoms with Crippen LogP contribution in [0.4, 0.5) is 0 Å². The fourth-order valence-corrected chi connectivity index (χ4v) is 3.49. The third-order valence-electron chi connectivity index (χ3n) is 3.63. The Labute approximate surface area is 107 Å². The van der Waals surface area contributed by atoms with Gasteiger partial charge in [0.05, 0.1) is 5.54 Å². The lowest BCUT2D eigenvalue weighted by molar-refractivity contribution is -0.120. The molecule has 2 unspecified atom stereocenters. The molecule has 0 aromatic carbocycles. The quantitative estimate of drug-likeness (QED) is 0.726. The number of sulfonamides is 1. The molecule has 2 atom stereocenters. The average molecular weight is 281 g/mol. The molecule has 0 saturated heterocycles. The highest BCUT2D eigenvalue weighted by atomic mass is 35.5. The monoisotopic (exact) mass is 280 g/mol. The maximum atomic E-state index is 12.0. The summed E-state index contributed by atoms with van der Waals surface area (Å²) in [5.74, 6) is -0.535. The van der Waals surface area contributed by atoms with E-state index in [1.807, 2.05) is 0 Å². The van der Waals surface area contributed by atoms with Gasteiger partial charge in [0.25, 0.3) is 0 Å². The van der Waals surface area contributed by atoms with Gasteiger partial charge in [-0.25, -0.2) is 8.42 Å². The first-order valence-electron chi connectivity index (χ1n) is 5.24. The van der Waals surface area contributed by atoms with Crippen LogP contribution >= 0.6 is 12.4 Å². The Hall–Kier alpha value is -0.590. The summed E-state index contributed by atoms with van der Waals surface area (Å²) < 4.78 is 25.0. The first-order valence-corrected chi connectivity index (χ1v) is 6.73. The normalized spacial score (nSPS) is 35.6. The molecule has 2 aliphatic carbocycles. The minimum absolute atomic E-state index is 0. The SMILES string of the molecule is C=CC1(N)CC1(C)S(=O)(=O)NC(=O)C1CC1.Cl. The van der Waals surface area contributed by atoms with Gasteiger partial charge < -0.3 is 5.73 Å². The van der Waals surface area contributed by atoms with Crippen LogP contribution in [0.25, 0.3) is 0 Å². The topological polar surface area (TPSA) is 89.3 Å². The Morgan fingerprint density at radius 1 is 1.53 bits per heavy atom. The maximum absolute atomic E-state index is 12.0. The van der Waals surface area contributed by atoms with Crippen LogP contribution in [0.3, 0.4) is 0 Å². The molecular formula is C10H17ClN2O3S. The third kappa shape index (κ3) is 2.09. The molecule has 0 bridgehead atoms. The van der Waals surface area contributed by atoms with E-state index in [1.165, 1.54) is 13.0 Å². The van der Waals surface area contributed by atoms with Crippen LogP contribution in [0, 0.1) is 5.92 Å². The number of hydrogen-bond donors (Lipinski definition) is 2. The number of hydrogen-bond acceptors (Lipinski definition) is 4. The second kappa shape index (κ2) is 3.96. The first-order chi connectivity index (χ1) is 7.26. The van der Waals surface area contributed by atoms with Gasteiger partial charge in [0.15, 0.2) is 0 Å². The number of carbonyl (C=O) groups is 1. The smallest absolute Gasteiger partial charge is 0.242 e. The van der Waals surface area contributed by atoms with Crippen LogP contribution in [0.2, 0.25) is 0 Å². The molecule has 0 aromatic rings. The van der Waals surface area contributed by atoms with Crippen LogP contribution in [-0.4, -0.2) is 24.6 Å². The van der Waals surface area contributed by atoms with E-state index in [1.54, 1.807) is 0 Å². The van der Waals surface area contributed by atoms with Gasteiger partial charge in [-0.2, -0.15) is 0 Å². The minimum Gasteiger partial charge on any atom is -0.320 e. The third-order valence-corrected chi connectivity index (χ3v) is 5.81. The summed E-state index contributed by atoms with van der Waals surface area (Å²) in [5.41, 5.74) is 4.92. The highest BCUT2D eigenvalue weighted by Crippen LogP contribution is 2.52. The predicted octanol–water partition coefficient (Wildman–Crippen LogP) is 0.310. The molecule has 2 aliphatic rings. The summed E-state index contributed by atoms with van der Waals surface area (Å²) in [6, 6.07) is 0. The summed E-state index contributed by atoms with van der Waals surface area (Å²) in [6.45, 7) is 5.07. The van der Waals surface area contributed by atoms with Crippen molar-refractivity contribution in [2.24, 2.45) is 11.7 Å². The summed E-state index contributed by atoms with van der Waals surface area (Å²) in [4.78, 5) is 11.4. The van der Waals surface area contributed by atoms with Gasteiger partial charge >= 0.3 is 0 Å². The number of halogens is 1. The molecule has 0 aromatic heterocycles. The van der Waals surface area contributed by atoms with Gasteiger partial charge in [-0.15, -0.1) is 19.0 Å². The van der Waals surface area contributed by atoms with Crippen LogP contribution in [0.1, 0.15) is 26.2 Å². The molecule has 0 heterocycles. The fraction of sp³-hybridized carbons (Fsp3) is 0.700. The lowest BCUT2D eigenvalue weighted by atomic mass is 10.2. The van der Waals surface area contributed by atoms with Gasteiger partial charge in [-0.05, 0) is 26.2 Å². The van der Waals surface area contributed by atoms with Gasteiger partial charge in [-0.1, -0.05) is 6.08 Å². The highest BCUT2D eigenvalue weighted by molar-refractivity contribution is 7.91. The van der Waals surface area contributed by atoms with E-state index >= 15 is 0 Å². The summed E-state index contributed by atoms with van der Waals surface area (Å²) in [6.07, 6.45) is 3.28. The lowest BCUT2D eigenvalue weighted by Crippen LogP contribution is -2.45. The maximum Gasteiger partial charge on any atom is 0.242 e. The zero-order chi connectivity index (χ0) is 12.2. The van der Waals surface area contributed by atoms with E-state index in [0.717, 1.165) is 12.8 Å². The van der Waals surface area contributed by atoms with Crippen molar-refractivity contribution >= 4 is 28.3 Å². The average Bonchev–Trinajstić information content (AvgIpc) is 3.03. The van der Waals surface area contributed by atoms with Crippen molar-refractivity contribution in [3.63, 3.8) is 0 Å². The van der Waals surface area contributed by atoms with Crippen molar-refractivity contribution in [2.75, 3.05) is 0 Å². The fourth-order valence-electron chi connectivity index (χ4n) is 1.82. The summed E-state index contributed by atoms with van der Waals surface area (Å²) in [5, 5.41) is 0. The second-order valence-corrected chi connectivity index (χ2v) is 7.01. The van der Waals surface area contributed by atoms with E-state index in [4.69, 9.17) is 5.73 Å². The number of carbonyl (C=O) groups excluding carboxylic acids is 1. The van der Waals surface area contributed by atoms with E-state index in [2.05, 4.69) is 11.3 Å². The van der Waals surface area contributed by atoms with Crippen LogP contribution in [0.5, 0.6) is 0 Å². The van der Waals surface area contributed by atoms with E-state index < -0.39 is 26.2 Å². The number of amides is 1. The van der Waals surface area contributed by atoms with E-state index in [9.17, 15) is 13.2 Å². The predicted molar refractivity (Wildman–Crippen MR) is 67.2 cm³/mol. The van der Waals surface area contributed by atoms with Crippen molar-refractivity contribution in [1.29, 1.82) is 0 Å². The largest absolute Gasteiger partial charge is 0.320 e. The number of nitrogens with one attached hydrogen (secondary N) is 1. The second-order valence-electron chi connectivity index (χ2n) is 4.90. The molecule has 98 valence electrons. The van der Waals surface area contributed by atoms with Crippen molar-refractivity contribution < 1.29 is 13.2 Å². The van der Waals surface area contributed by atoms with Gasteiger partial charge in [0.1, 0.15) is 4.75 Å². The van der Waals surface area contributed by atoms with Gasteiger partial charge in [-0.3, -0.25) is 9.52 Å². The molecule has 17 heavy (non-hydrogen) atoms. The van der Waals surface area contributed by atoms with Crippen molar-refractivity contribution in [2.45, 2.75) is 36.5 Å². The number of nitrogens with two attached hydrogens (primary N) is 1. The van der Waals surface area contributed by atoms with Crippen molar-refractivity contribution in [1.82, 2.24) is 4.72 Å². The standard InChI is InChI=1S/C10H16N2O3S.ClH/c1-3-10(11)6-9(10,2)16(14,15)12-8(13)7-4-5-7;/h3,7H,1,4-6,11H2,2H3,(H,12,13);1H. The summed E-state index contributed by atoms with van der Waals surface area (Å²) in [7, 11) is -3.71. The zero-order valence-corrected chi connectivity index (χ0v) is 11.2. The van der Waals surface area contributed by atoms with E-state index in [-0.39, 0.29) is 18.3 Å². The molecular weight excluding hydrogens is 264 g/mol. The van der Waals surface area contributed by atoms with Gasteiger partial charge in [0, 0.05) is 5.92 Å². The Bertz CT molecular complexity index is 460. The molecule has 0 spiro atoms. The Morgan fingerprint density at radius 2 is 2.06 bits per heavy atom. The highest BCUT2D eigenvalue weighted by Gasteiger charge is 2.69. The zero-order valence-electron chi connectivity index (χ0n) is 9.60. The Morgan fingerprint density at radius 3 is 2.41 bits per heavy atom. The number of rotatable bonds is 4. The summed E-state index contributed by atoms with van der Waals surface area (Å²) >= 11 is 0. The van der Waals surface area contributed by atoms with Crippen molar-refractivity contribution in [3.8, 4) is 0 Å². The molecule has 7 heteroatoms. The first kappa shape index (κ1) is 14.5. The Kier molecular flexibility index (Phi) is 3.37. The van der Waals surface area contributed by atoms with Gasteiger partial charge in [0.2, 0.25) is 15.9 Å². The van der Waals surface area contributed by atoms with Crippen LogP contribution < -0.4 is 10.5 Å². The molecule has 2 fully saturated rings. The molecule has 0 radical (unpaired) electrons. The Balaban J connectivity index is 0.00000144. The molecule has 5 nitrogen and oxygen atoms in total. The van der Waals surface area contributed by atoms with Crippen LogP contribution in [0.15, 0.2) is 12.7 Å². The van der Waals surface area contributed by atoms with Crippen LogP contribution in [-0.2, 0) is 14.8 Å². The molecule has 1 amide bonds. The van der Waals surface area contributed by atoms with Crippen molar-refractivity contribution in [3.05, 3.63) is 12.7 Å². The molecule has 2 saturated carbocycles. The van der Waals surface area contributed by atoms with E-state index in [0.29, 0.717) is 6.42 Å². The molecule has 0 aliphatic heterocycles. The lowest BCUT2D eigenvalue weighted by Gasteiger charge is -2.16. The minimum atomic E-state index is -3.71. The molecule has 2 rings (SSSR count).